The van der Waals surface area contributed by atoms with E-state index in [1.807, 2.05) is 0 Å². The van der Waals surface area contributed by atoms with E-state index in [1.165, 1.54) is 0 Å². The van der Waals surface area contributed by atoms with E-state index in [4.69, 9.17) is 0 Å². The van der Waals surface area contributed by atoms with Crippen molar-refractivity contribution >= 4 is 28.4 Å². The molecule has 1 atom stereocenters. The second kappa shape index (κ2) is 9.03. The molecule has 1 aromatic carbocycles. The van der Waals surface area contributed by atoms with Gasteiger partial charge in [-0.2, -0.15) is 13.2 Å². The number of sulfonamides is 1. The Kier molecular flexibility index (Phi) is 7.87. The molecule has 0 aliphatic carbocycles. The maximum absolute atomic E-state index is 13.1. The minimum absolute atomic E-state index is 0. The number of esters is 1. The number of benzene rings is 1. The SMILES string of the molecule is COC(=O)c1ccc(S(=O)(=O)NCCC2CCNC2)cc1C(F)(F)F.Cl. The van der Waals surface area contributed by atoms with Crippen LogP contribution in [0.2, 0.25) is 0 Å². The van der Waals surface area contributed by atoms with Gasteiger partial charge in [-0.3, -0.25) is 0 Å². The van der Waals surface area contributed by atoms with Crippen molar-refractivity contribution in [3.63, 3.8) is 0 Å². The summed E-state index contributed by atoms with van der Waals surface area (Å²) in [5, 5.41) is 3.15. The monoisotopic (exact) mass is 416 g/mol. The predicted octanol–water partition coefficient (Wildman–Crippen LogP) is 2.19. The summed E-state index contributed by atoms with van der Waals surface area (Å²) >= 11 is 0. The van der Waals surface area contributed by atoms with E-state index in [9.17, 15) is 26.4 Å². The van der Waals surface area contributed by atoms with Gasteiger partial charge in [0.25, 0.3) is 0 Å². The fourth-order valence-electron chi connectivity index (χ4n) is 2.65. The first-order chi connectivity index (χ1) is 11.6. The minimum atomic E-state index is -4.88. The predicted molar refractivity (Wildman–Crippen MR) is 90.8 cm³/mol. The van der Waals surface area contributed by atoms with Gasteiger partial charge in [0, 0.05) is 6.54 Å². The van der Waals surface area contributed by atoms with Gasteiger partial charge in [0.15, 0.2) is 0 Å². The molecular weight excluding hydrogens is 397 g/mol. The number of hydrogen-bond acceptors (Lipinski definition) is 5. The highest BCUT2D eigenvalue weighted by molar-refractivity contribution is 7.89. The maximum Gasteiger partial charge on any atom is 0.417 e. The van der Waals surface area contributed by atoms with Crippen LogP contribution in [0, 0.1) is 5.92 Å². The summed E-state index contributed by atoms with van der Waals surface area (Å²) in [6, 6.07) is 2.22. The molecule has 1 aliphatic heterocycles. The summed E-state index contributed by atoms with van der Waals surface area (Å²) in [6.45, 7) is 1.81. The number of hydrogen-bond donors (Lipinski definition) is 2. The minimum Gasteiger partial charge on any atom is -0.465 e. The van der Waals surface area contributed by atoms with Gasteiger partial charge in [-0.1, -0.05) is 0 Å². The highest BCUT2D eigenvalue weighted by atomic mass is 35.5. The molecule has 2 rings (SSSR count). The molecule has 26 heavy (non-hydrogen) atoms. The molecule has 2 N–H and O–H groups in total. The van der Waals surface area contributed by atoms with Gasteiger partial charge in [-0.25, -0.2) is 17.9 Å². The molecule has 0 aromatic heterocycles. The number of methoxy groups -OCH3 is 1. The second-order valence-corrected chi connectivity index (χ2v) is 7.51. The van der Waals surface area contributed by atoms with E-state index in [2.05, 4.69) is 14.8 Å². The quantitative estimate of drug-likeness (QED) is 0.694. The summed E-state index contributed by atoms with van der Waals surface area (Å²) in [5.74, 6) is -0.840. The molecule has 1 unspecified atom stereocenters. The van der Waals surface area contributed by atoms with Crippen LogP contribution >= 0.6 is 12.4 Å². The van der Waals surface area contributed by atoms with Crippen LogP contribution in [0.25, 0.3) is 0 Å². The molecule has 0 spiro atoms. The zero-order valence-corrected chi connectivity index (χ0v) is 15.6. The first-order valence-corrected chi connectivity index (χ1v) is 9.13. The molecule has 1 fully saturated rings. The molecule has 6 nitrogen and oxygen atoms in total. The number of alkyl halides is 3. The van der Waals surface area contributed by atoms with Crippen LogP contribution in [0.1, 0.15) is 28.8 Å². The zero-order valence-electron chi connectivity index (χ0n) is 13.9. The van der Waals surface area contributed by atoms with Crippen molar-refractivity contribution in [3.8, 4) is 0 Å². The van der Waals surface area contributed by atoms with Gasteiger partial charge >= 0.3 is 12.1 Å². The van der Waals surface area contributed by atoms with Gasteiger partial charge in [0.2, 0.25) is 10.0 Å². The van der Waals surface area contributed by atoms with Crippen LogP contribution in [0.4, 0.5) is 13.2 Å². The van der Waals surface area contributed by atoms with Crippen LogP contribution in [-0.2, 0) is 20.9 Å². The van der Waals surface area contributed by atoms with Crippen molar-refractivity contribution in [1.82, 2.24) is 10.0 Å². The highest BCUT2D eigenvalue weighted by Crippen LogP contribution is 2.34. The molecule has 0 amide bonds. The first kappa shape index (κ1) is 22.7. The van der Waals surface area contributed by atoms with Crippen molar-refractivity contribution in [3.05, 3.63) is 29.3 Å². The number of nitrogens with one attached hydrogen (secondary N) is 2. The van der Waals surface area contributed by atoms with E-state index in [0.717, 1.165) is 38.8 Å². The topological polar surface area (TPSA) is 84.5 Å². The molecule has 0 saturated carbocycles. The van der Waals surface area contributed by atoms with Gasteiger partial charge in [-0.05, 0) is 50.0 Å². The molecule has 1 heterocycles. The van der Waals surface area contributed by atoms with Crippen molar-refractivity contribution < 1.29 is 31.1 Å². The fraction of sp³-hybridized carbons (Fsp3) is 0.533. The Morgan fingerprint density at radius 2 is 2.08 bits per heavy atom. The van der Waals surface area contributed by atoms with Crippen molar-refractivity contribution in [2.24, 2.45) is 5.92 Å². The van der Waals surface area contributed by atoms with Crippen molar-refractivity contribution in [2.75, 3.05) is 26.7 Å². The average Bonchev–Trinajstić information content (AvgIpc) is 3.06. The summed E-state index contributed by atoms with van der Waals surface area (Å²) < 4.78 is 70.5. The molecule has 11 heteroatoms. The molecule has 0 radical (unpaired) electrons. The average molecular weight is 417 g/mol. The number of carbonyl (C=O) groups is 1. The third-order valence-electron chi connectivity index (χ3n) is 4.02. The van der Waals surface area contributed by atoms with Crippen LogP contribution < -0.4 is 10.0 Å². The number of carbonyl (C=O) groups excluding carboxylic acids is 1. The van der Waals surface area contributed by atoms with Gasteiger partial charge in [0.05, 0.1) is 23.1 Å². The Morgan fingerprint density at radius 1 is 1.38 bits per heavy atom. The number of halogens is 4. The van der Waals surface area contributed by atoms with Gasteiger partial charge in [-0.15, -0.1) is 12.4 Å². The lowest BCUT2D eigenvalue weighted by molar-refractivity contribution is -0.138. The van der Waals surface area contributed by atoms with E-state index in [1.54, 1.807) is 0 Å². The van der Waals surface area contributed by atoms with Crippen LogP contribution in [0.15, 0.2) is 23.1 Å². The lowest BCUT2D eigenvalue weighted by Crippen LogP contribution is -2.27. The number of rotatable bonds is 6. The molecule has 1 aliphatic rings. The Hall–Kier alpha value is -1.36. The van der Waals surface area contributed by atoms with Crippen molar-refractivity contribution in [1.29, 1.82) is 0 Å². The van der Waals surface area contributed by atoms with E-state index in [0.29, 0.717) is 18.4 Å². The van der Waals surface area contributed by atoms with E-state index < -0.39 is 38.2 Å². The van der Waals surface area contributed by atoms with E-state index in [-0.39, 0.29) is 19.0 Å². The molecule has 1 saturated heterocycles. The summed E-state index contributed by atoms with van der Waals surface area (Å²) in [7, 11) is -3.16. The van der Waals surface area contributed by atoms with Crippen LogP contribution in [0.3, 0.4) is 0 Å². The molecule has 0 bridgehead atoms. The normalized spacial score (nSPS) is 17.6. The Labute approximate surface area is 155 Å². The Balaban J connectivity index is 0.00000338. The van der Waals surface area contributed by atoms with Gasteiger partial charge < -0.3 is 10.1 Å². The smallest absolute Gasteiger partial charge is 0.417 e. The molecule has 148 valence electrons. The molecular formula is C15H20ClF3N2O4S. The van der Waals surface area contributed by atoms with Crippen LogP contribution in [-0.4, -0.2) is 41.1 Å². The highest BCUT2D eigenvalue weighted by Gasteiger charge is 2.37. The third kappa shape index (κ3) is 5.57. The van der Waals surface area contributed by atoms with Crippen LogP contribution in [0.5, 0.6) is 0 Å². The van der Waals surface area contributed by atoms with Crippen molar-refractivity contribution in [2.45, 2.75) is 23.9 Å². The zero-order chi connectivity index (χ0) is 18.7. The second-order valence-electron chi connectivity index (χ2n) is 5.74. The fourth-order valence-corrected chi connectivity index (χ4v) is 3.73. The third-order valence-corrected chi connectivity index (χ3v) is 5.48. The largest absolute Gasteiger partial charge is 0.465 e. The maximum atomic E-state index is 13.1. The number of ether oxygens (including phenoxy) is 1. The summed E-state index contributed by atoms with van der Waals surface area (Å²) in [4.78, 5) is 10.9. The van der Waals surface area contributed by atoms with E-state index >= 15 is 0 Å². The molecule has 1 aromatic rings. The lowest BCUT2D eigenvalue weighted by atomic mass is 10.1. The first-order valence-electron chi connectivity index (χ1n) is 7.65. The standard InChI is InChI=1S/C15H19F3N2O4S.ClH/c1-24-14(21)12-3-2-11(8-13(12)15(16,17)18)25(22,23)20-7-5-10-4-6-19-9-10;/h2-3,8,10,19-20H,4-7,9H2,1H3;1H. The van der Waals surface area contributed by atoms with Gasteiger partial charge in [0.1, 0.15) is 0 Å². The summed E-state index contributed by atoms with van der Waals surface area (Å²) in [5.41, 5.74) is -2.08. The summed E-state index contributed by atoms with van der Waals surface area (Å²) in [6.07, 6.45) is -3.35. The lowest BCUT2D eigenvalue weighted by Gasteiger charge is -2.14. The Bertz CT molecular complexity index is 735. The Morgan fingerprint density at radius 3 is 2.62 bits per heavy atom.